The molecule has 18 heavy (non-hydrogen) atoms. The van der Waals surface area contributed by atoms with Gasteiger partial charge in [-0.15, -0.1) is 0 Å². The summed E-state index contributed by atoms with van der Waals surface area (Å²) in [5.74, 6) is -1.97. The number of hydrogen-bond acceptors (Lipinski definition) is 2. The number of halogens is 3. The number of nitrogens with zero attached hydrogens (tertiary/aromatic N) is 1. The first-order valence-electron chi connectivity index (χ1n) is 5.30. The fourth-order valence-corrected chi connectivity index (χ4v) is 1.85. The normalized spacial score (nSPS) is 12.4. The fraction of sp³-hybridized carbons (Fsp3) is 0.154. The van der Waals surface area contributed by atoms with E-state index in [9.17, 15) is 13.9 Å². The summed E-state index contributed by atoms with van der Waals surface area (Å²) in [6.07, 6.45) is 0.604. The van der Waals surface area contributed by atoms with Crippen LogP contribution in [0, 0.1) is 11.6 Å². The highest BCUT2D eigenvalue weighted by atomic mass is 79.9. The number of pyridine rings is 1. The minimum Gasteiger partial charge on any atom is -0.388 e. The Morgan fingerprint density at radius 1 is 1.22 bits per heavy atom. The average Bonchev–Trinajstić information content (AvgIpc) is 2.35. The van der Waals surface area contributed by atoms with Crippen LogP contribution in [0.5, 0.6) is 0 Å². The zero-order chi connectivity index (χ0) is 13.1. The fourth-order valence-electron chi connectivity index (χ4n) is 1.61. The molecule has 0 spiro atoms. The highest BCUT2D eigenvalue weighted by Gasteiger charge is 2.16. The second kappa shape index (κ2) is 5.54. The lowest BCUT2D eigenvalue weighted by molar-refractivity contribution is 0.171. The molecular weight excluding hydrogens is 304 g/mol. The quantitative estimate of drug-likeness (QED) is 0.942. The minimum absolute atomic E-state index is 0.0558. The molecule has 0 aliphatic heterocycles. The van der Waals surface area contributed by atoms with Gasteiger partial charge in [0.2, 0.25) is 0 Å². The van der Waals surface area contributed by atoms with E-state index in [0.717, 1.165) is 10.5 Å². The van der Waals surface area contributed by atoms with Crippen molar-refractivity contribution in [3.63, 3.8) is 0 Å². The molecular formula is C13H10BrF2NO. The highest BCUT2D eigenvalue weighted by molar-refractivity contribution is 9.10. The molecule has 5 heteroatoms. The minimum atomic E-state index is -1.12. The summed E-state index contributed by atoms with van der Waals surface area (Å²) in [7, 11) is 0. The zero-order valence-electron chi connectivity index (χ0n) is 9.28. The van der Waals surface area contributed by atoms with Crippen LogP contribution in [-0.4, -0.2) is 10.1 Å². The topological polar surface area (TPSA) is 33.1 Å². The first-order chi connectivity index (χ1) is 8.58. The maximum atomic E-state index is 13.5. The molecule has 0 bridgehead atoms. The third-order valence-electron chi connectivity index (χ3n) is 2.53. The van der Waals surface area contributed by atoms with Crippen molar-refractivity contribution < 1.29 is 13.9 Å². The second-order valence-electron chi connectivity index (χ2n) is 3.83. The Morgan fingerprint density at radius 2 is 2.00 bits per heavy atom. The van der Waals surface area contributed by atoms with Crippen LogP contribution in [0.4, 0.5) is 8.78 Å². The molecule has 1 aromatic carbocycles. The van der Waals surface area contributed by atoms with Crippen LogP contribution < -0.4 is 0 Å². The van der Waals surface area contributed by atoms with Gasteiger partial charge in [-0.3, -0.25) is 4.98 Å². The molecule has 0 radical (unpaired) electrons. The summed E-state index contributed by atoms with van der Waals surface area (Å²) in [6, 6.07) is 7.23. The van der Waals surface area contributed by atoms with Gasteiger partial charge in [-0.25, -0.2) is 8.78 Å². The van der Waals surface area contributed by atoms with Gasteiger partial charge in [0, 0.05) is 28.3 Å². The van der Waals surface area contributed by atoms with Crippen LogP contribution in [0.2, 0.25) is 0 Å². The van der Waals surface area contributed by atoms with E-state index < -0.39 is 17.7 Å². The number of rotatable bonds is 3. The second-order valence-corrected chi connectivity index (χ2v) is 4.75. The van der Waals surface area contributed by atoms with Gasteiger partial charge in [-0.05, 0) is 34.1 Å². The maximum Gasteiger partial charge on any atom is 0.164 e. The van der Waals surface area contributed by atoms with Gasteiger partial charge in [-0.2, -0.15) is 0 Å². The van der Waals surface area contributed by atoms with E-state index in [2.05, 4.69) is 20.9 Å². The van der Waals surface area contributed by atoms with Crippen LogP contribution in [0.25, 0.3) is 0 Å². The number of aromatic nitrogens is 1. The molecule has 2 rings (SSSR count). The summed E-state index contributed by atoms with van der Waals surface area (Å²) in [4.78, 5) is 4.07. The molecule has 0 aliphatic carbocycles. The first kappa shape index (κ1) is 13.1. The third-order valence-corrected chi connectivity index (χ3v) is 3.00. The van der Waals surface area contributed by atoms with Gasteiger partial charge in [0.05, 0.1) is 6.10 Å². The number of aliphatic hydroxyl groups excluding tert-OH is 1. The van der Waals surface area contributed by atoms with Crippen molar-refractivity contribution in [2.45, 2.75) is 12.5 Å². The molecule has 1 aromatic heterocycles. The van der Waals surface area contributed by atoms with Crippen molar-refractivity contribution >= 4 is 15.9 Å². The molecule has 0 fully saturated rings. The van der Waals surface area contributed by atoms with Gasteiger partial charge < -0.3 is 5.11 Å². The lowest BCUT2D eigenvalue weighted by Crippen LogP contribution is -2.06. The van der Waals surface area contributed by atoms with Crippen molar-refractivity contribution in [3.05, 3.63) is 63.9 Å². The smallest absolute Gasteiger partial charge is 0.164 e. The molecule has 94 valence electrons. The van der Waals surface area contributed by atoms with Crippen molar-refractivity contribution in [2.24, 2.45) is 0 Å². The molecule has 0 aliphatic rings. The first-order valence-corrected chi connectivity index (χ1v) is 6.09. The Hall–Kier alpha value is -1.33. The molecule has 1 unspecified atom stereocenters. The SMILES string of the molecule is OC(Cc1ccc(Br)cn1)c1cccc(F)c1F. The van der Waals surface area contributed by atoms with Gasteiger partial charge in [0.1, 0.15) is 0 Å². The summed E-state index contributed by atoms with van der Waals surface area (Å²) < 4.78 is 27.3. The van der Waals surface area contributed by atoms with Crippen LogP contribution in [-0.2, 0) is 6.42 Å². The summed E-state index contributed by atoms with van der Waals surface area (Å²) in [5.41, 5.74) is 0.550. The Labute approximate surface area is 111 Å². The van der Waals surface area contributed by atoms with E-state index in [1.165, 1.54) is 12.1 Å². The molecule has 2 aromatic rings. The molecule has 2 nitrogen and oxygen atoms in total. The molecule has 1 N–H and O–H groups in total. The van der Waals surface area contributed by atoms with Crippen LogP contribution in [0.15, 0.2) is 41.0 Å². The third kappa shape index (κ3) is 2.91. The van der Waals surface area contributed by atoms with Crippen molar-refractivity contribution in [1.82, 2.24) is 4.98 Å². The maximum absolute atomic E-state index is 13.5. The van der Waals surface area contributed by atoms with Crippen molar-refractivity contribution in [2.75, 3.05) is 0 Å². The Kier molecular flexibility index (Phi) is 4.04. The molecule has 0 saturated heterocycles. The zero-order valence-corrected chi connectivity index (χ0v) is 10.9. The van der Waals surface area contributed by atoms with E-state index in [-0.39, 0.29) is 12.0 Å². The van der Waals surface area contributed by atoms with Crippen LogP contribution in [0.1, 0.15) is 17.4 Å². The Morgan fingerprint density at radius 3 is 2.67 bits per heavy atom. The Bertz CT molecular complexity index is 545. The lowest BCUT2D eigenvalue weighted by atomic mass is 10.0. The van der Waals surface area contributed by atoms with E-state index in [1.54, 1.807) is 18.3 Å². The monoisotopic (exact) mass is 313 g/mol. The van der Waals surface area contributed by atoms with E-state index >= 15 is 0 Å². The van der Waals surface area contributed by atoms with E-state index in [0.29, 0.717) is 5.69 Å². The van der Waals surface area contributed by atoms with Gasteiger partial charge in [0.25, 0.3) is 0 Å². The average molecular weight is 314 g/mol. The van der Waals surface area contributed by atoms with Crippen LogP contribution >= 0.6 is 15.9 Å². The largest absolute Gasteiger partial charge is 0.388 e. The van der Waals surface area contributed by atoms with Crippen LogP contribution in [0.3, 0.4) is 0 Å². The predicted molar refractivity (Wildman–Crippen MR) is 67.0 cm³/mol. The van der Waals surface area contributed by atoms with Gasteiger partial charge in [0.15, 0.2) is 11.6 Å². The van der Waals surface area contributed by atoms with Gasteiger partial charge in [-0.1, -0.05) is 12.1 Å². The number of hydrogen-bond donors (Lipinski definition) is 1. The highest BCUT2D eigenvalue weighted by Crippen LogP contribution is 2.22. The lowest BCUT2D eigenvalue weighted by Gasteiger charge is -2.11. The summed E-state index contributed by atoms with van der Waals surface area (Å²) in [6.45, 7) is 0. The number of benzene rings is 1. The summed E-state index contributed by atoms with van der Waals surface area (Å²) >= 11 is 3.24. The molecule has 1 heterocycles. The van der Waals surface area contributed by atoms with Gasteiger partial charge >= 0.3 is 0 Å². The molecule has 0 saturated carbocycles. The Balaban J connectivity index is 2.19. The molecule has 1 atom stereocenters. The van der Waals surface area contributed by atoms with E-state index in [4.69, 9.17) is 0 Å². The van der Waals surface area contributed by atoms with Crippen molar-refractivity contribution in [3.8, 4) is 0 Å². The van der Waals surface area contributed by atoms with E-state index in [1.807, 2.05) is 0 Å². The predicted octanol–water partition coefficient (Wildman–Crippen LogP) is 3.40. The van der Waals surface area contributed by atoms with Crippen molar-refractivity contribution in [1.29, 1.82) is 0 Å². The summed E-state index contributed by atoms with van der Waals surface area (Å²) in [5, 5.41) is 9.89. The molecule has 0 amide bonds. The number of aliphatic hydroxyl groups is 1. The standard InChI is InChI=1S/C13H10BrF2NO/c14-8-4-5-9(17-7-8)6-12(18)10-2-1-3-11(15)13(10)16/h1-5,7,12,18H,6H2.